The van der Waals surface area contributed by atoms with Crippen molar-refractivity contribution >= 4 is 28.8 Å². The molecule has 9 nitrogen and oxygen atoms in total. The van der Waals surface area contributed by atoms with Gasteiger partial charge in [-0.3, -0.25) is 24.6 Å². The lowest BCUT2D eigenvalue weighted by atomic mass is 9.95. The Morgan fingerprint density at radius 3 is 2.11 bits per heavy atom. The fraction of sp³-hybridized carbons (Fsp3) is 0.154. The Bertz CT molecular complexity index is 1300. The second kappa shape index (κ2) is 9.68. The highest BCUT2D eigenvalue weighted by atomic mass is 16.6. The molecule has 3 aromatic rings. The lowest BCUT2D eigenvalue weighted by Gasteiger charge is -2.25. The number of nitro benzene ring substituents is 1. The maximum atomic E-state index is 13.2. The minimum absolute atomic E-state index is 0.121. The molecule has 1 unspecified atom stereocenters. The fourth-order valence-corrected chi connectivity index (χ4v) is 3.97. The molecule has 0 bridgehead atoms. The van der Waals surface area contributed by atoms with Crippen molar-refractivity contribution in [2.45, 2.75) is 13.0 Å². The maximum absolute atomic E-state index is 13.2. The van der Waals surface area contributed by atoms with E-state index in [1.807, 2.05) is 6.92 Å². The molecule has 1 atom stereocenters. The van der Waals surface area contributed by atoms with Crippen LogP contribution in [0.4, 0.5) is 11.4 Å². The summed E-state index contributed by atoms with van der Waals surface area (Å²) in [6.07, 6.45) is 0. The fourth-order valence-electron chi connectivity index (χ4n) is 3.97. The SMILES string of the molecule is CCOc1ccc(/C(O)=C2\C(=O)C(=O)N(c3ccc(OC)cc3)C2c2ccc([N+](=O)[O-])cc2)cc1. The van der Waals surface area contributed by atoms with E-state index in [-0.39, 0.29) is 17.0 Å². The quantitative estimate of drug-likeness (QED) is 0.174. The van der Waals surface area contributed by atoms with E-state index in [1.54, 1.807) is 48.5 Å². The second-order valence-corrected chi connectivity index (χ2v) is 7.67. The monoisotopic (exact) mass is 474 g/mol. The molecule has 178 valence electrons. The minimum Gasteiger partial charge on any atom is -0.507 e. The van der Waals surface area contributed by atoms with E-state index in [0.717, 1.165) is 0 Å². The van der Waals surface area contributed by atoms with Gasteiger partial charge in [-0.25, -0.2) is 0 Å². The number of carbonyl (C=O) groups is 2. The summed E-state index contributed by atoms with van der Waals surface area (Å²) in [5, 5.41) is 22.3. The van der Waals surface area contributed by atoms with Gasteiger partial charge < -0.3 is 14.6 Å². The van der Waals surface area contributed by atoms with Crippen LogP contribution in [0, 0.1) is 10.1 Å². The van der Waals surface area contributed by atoms with Crippen molar-refractivity contribution in [2.75, 3.05) is 18.6 Å². The third-order valence-electron chi connectivity index (χ3n) is 5.65. The zero-order chi connectivity index (χ0) is 25.1. The zero-order valence-electron chi connectivity index (χ0n) is 19.0. The molecule has 3 aromatic carbocycles. The van der Waals surface area contributed by atoms with Gasteiger partial charge in [-0.15, -0.1) is 0 Å². The van der Waals surface area contributed by atoms with Gasteiger partial charge in [0.05, 0.1) is 30.3 Å². The topological polar surface area (TPSA) is 119 Å². The molecular weight excluding hydrogens is 452 g/mol. The van der Waals surface area contributed by atoms with Gasteiger partial charge in [-0.2, -0.15) is 0 Å². The molecule has 0 radical (unpaired) electrons. The van der Waals surface area contributed by atoms with Gasteiger partial charge in [0.1, 0.15) is 17.3 Å². The van der Waals surface area contributed by atoms with Gasteiger partial charge in [-0.1, -0.05) is 0 Å². The van der Waals surface area contributed by atoms with Crippen LogP contribution in [0.15, 0.2) is 78.4 Å². The molecule has 0 aliphatic carbocycles. The summed E-state index contributed by atoms with van der Waals surface area (Å²) in [5.41, 5.74) is 0.902. The Morgan fingerprint density at radius 2 is 1.57 bits per heavy atom. The Labute approximate surface area is 201 Å². The number of aliphatic hydroxyl groups is 1. The van der Waals surface area contributed by atoms with Crippen molar-refractivity contribution in [2.24, 2.45) is 0 Å². The average molecular weight is 474 g/mol. The van der Waals surface area contributed by atoms with Gasteiger partial charge in [0.25, 0.3) is 17.4 Å². The van der Waals surface area contributed by atoms with Gasteiger partial charge >= 0.3 is 0 Å². The van der Waals surface area contributed by atoms with Gasteiger partial charge in [0, 0.05) is 23.4 Å². The number of methoxy groups -OCH3 is 1. The van der Waals surface area contributed by atoms with Crippen LogP contribution >= 0.6 is 0 Å². The minimum atomic E-state index is -1.00. The zero-order valence-corrected chi connectivity index (χ0v) is 19.0. The molecule has 0 aromatic heterocycles. The Kier molecular flexibility index (Phi) is 6.50. The van der Waals surface area contributed by atoms with Crippen LogP contribution < -0.4 is 14.4 Å². The number of benzene rings is 3. The first-order chi connectivity index (χ1) is 16.8. The molecule has 1 fully saturated rings. The van der Waals surface area contributed by atoms with Crippen molar-refractivity contribution in [3.05, 3.63) is 99.6 Å². The van der Waals surface area contributed by atoms with Crippen LogP contribution in [0.5, 0.6) is 11.5 Å². The predicted octanol–water partition coefficient (Wildman–Crippen LogP) is 4.63. The van der Waals surface area contributed by atoms with Gasteiger partial charge in [-0.05, 0) is 73.2 Å². The van der Waals surface area contributed by atoms with Gasteiger partial charge in [0.2, 0.25) is 0 Å². The van der Waals surface area contributed by atoms with Crippen LogP contribution in [0.1, 0.15) is 24.1 Å². The van der Waals surface area contributed by atoms with Gasteiger partial charge in [0.15, 0.2) is 0 Å². The molecule has 1 heterocycles. The van der Waals surface area contributed by atoms with Crippen molar-refractivity contribution in [3.63, 3.8) is 0 Å². The number of ether oxygens (including phenoxy) is 2. The Hall–Kier alpha value is -4.66. The molecule has 1 aliphatic rings. The summed E-state index contributed by atoms with van der Waals surface area (Å²) >= 11 is 0. The molecule has 35 heavy (non-hydrogen) atoms. The number of non-ortho nitro benzene ring substituents is 1. The van der Waals surface area contributed by atoms with E-state index in [1.165, 1.54) is 36.3 Å². The molecule has 4 rings (SSSR count). The lowest BCUT2D eigenvalue weighted by molar-refractivity contribution is -0.384. The Morgan fingerprint density at radius 1 is 0.971 bits per heavy atom. The molecule has 1 amide bonds. The highest BCUT2D eigenvalue weighted by Gasteiger charge is 2.47. The van der Waals surface area contributed by atoms with E-state index in [2.05, 4.69) is 0 Å². The molecule has 0 spiro atoms. The number of ketones is 1. The summed E-state index contributed by atoms with van der Waals surface area (Å²) in [6, 6.07) is 17.5. The van der Waals surface area contributed by atoms with Crippen molar-refractivity contribution in [1.82, 2.24) is 0 Å². The second-order valence-electron chi connectivity index (χ2n) is 7.67. The van der Waals surface area contributed by atoms with Crippen molar-refractivity contribution in [3.8, 4) is 11.5 Å². The summed E-state index contributed by atoms with van der Waals surface area (Å²) in [4.78, 5) is 38.2. The Balaban J connectivity index is 1.87. The number of aliphatic hydroxyl groups excluding tert-OH is 1. The third-order valence-corrected chi connectivity index (χ3v) is 5.65. The number of anilines is 1. The molecular formula is C26H22N2O7. The standard InChI is InChI=1S/C26H22N2O7/c1-3-35-21-12-6-17(7-13-21)24(29)22-23(16-4-8-19(9-5-16)28(32)33)27(26(31)25(22)30)18-10-14-20(34-2)15-11-18/h4-15,23,29H,3H2,1-2H3/b24-22+. The first kappa shape index (κ1) is 23.5. The van der Waals surface area contributed by atoms with Crippen LogP contribution in [0.3, 0.4) is 0 Å². The highest BCUT2D eigenvalue weighted by molar-refractivity contribution is 6.51. The van der Waals surface area contributed by atoms with Crippen LogP contribution in [0.2, 0.25) is 0 Å². The van der Waals surface area contributed by atoms with E-state index < -0.39 is 22.7 Å². The molecule has 1 N–H and O–H groups in total. The first-order valence-electron chi connectivity index (χ1n) is 10.8. The number of nitro groups is 1. The number of Topliss-reactive ketones (excluding diaryl/α,β-unsaturated/α-hetero) is 1. The van der Waals surface area contributed by atoms with E-state index >= 15 is 0 Å². The first-order valence-corrected chi connectivity index (χ1v) is 10.8. The molecule has 1 aliphatic heterocycles. The average Bonchev–Trinajstić information content (AvgIpc) is 3.14. The normalized spacial score (nSPS) is 16.9. The number of hydrogen-bond donors (Lipinski definition) is 1. The van der Waals surface area contributed by atoms with Crippen molar-refractivity contribution < 1.29 is 29.1 Å². The summed E-state index contributed by atoms with van der Waals surface area (Å²) in [6.45, 7) is 2.32. The van der Waals surface area contributed by atoms with Crippen LogP contribution in [-0.4, -0.2) is 35.4 Å². The third kappa shape index (κ3) is 4.43. The van der Waals surface area contributed by atoms with Crippen molar-refractivity contribution in [1.29, 1.82) is 0 Å². The number of carbonyl (C=O) groups excluding carboxylic acids is 2. The summed E-state index contributed by atoms with van der Waals surface area (Å²) in [7, 11) is 1.51. The number of hydrogen-bond acceptors (Lipinski definition) is 7. The van der Waals surface area contributed by atoms with Crippen LogP contribution in [-0.2, 0) is 9.59 Å². The number of amides is 1. The van der Waals surface area contributed by atoms with E-state index in [9.17, 15) is 24.8 Å². The molecule has 0 saturated carbocycles. The predicted molar refractivity (Wildman–Crippen MR) is 128 cm³/mol. The smallest absolute Gasteiger partial charge is 0.300 e. The largest absolute Gasteiger partial charge is 0.507 e. The molecule has 1 saturated heterocycles. The van der Waals surface area contributed by atoms with E-state index in [0.29, 0.717) is 34.9 Å². The lowest BCUT2D eigenvalue weighted by Crippen LogP contribution is -2.29. The number of nitrogens with zero attached hydrogens (tertiary/aromatic N) is 2. The highest BCUT2D eigenvalue weighted by Crippen LogP contribution is 2.42. The number of rotatable bonds is 7. The molecule has 9 heteroatoms. The van der Waals surface area contributed by atoms with Crippen LogP contribution in [0.25, 0.3) is 5.76 Å². The van der Waals surface area contributed by atoms with E-state index in [4.69, 9.17) is 9.47 Å². The summed E-state index contributed by atoms with van der Waals surface area (Å²) < 4.78 is 10.6. The maximum Gasteiger partial charge on any atom is 0.300 e. The summed E-state index contributed by atoms with van der Waals surface area (Å²) in [5.74, 6) is -0.895.